The summed E-state index contributed by atoms with van der Waals surface area (Å²) >= 11 is 6.28. The van der Waals surface area contributed by atoms with Crippen LogP contribution in [0.2, 0.25) is 5.02 Å². The van der Waals surface area contributed by atoms with Crippen molar-refractivity contribution in [2.45, 2.75) is 26.4 Å². The molecular formula is C16H19ClN2O2. The molecule has 0 unspecified atom stereocenters. The van der Waals surface area contributed by atoms with Crippen molar-refractivity contribution in [2.24, 2.45) is 0 Å². The lowest BCUT2D eigenvalue weighted by Crippen LogP contribution is -2.15. The molecule has 0 radical (unpaired) electrons. The Hall–Kier alpha value is -1.52. The monoisotopic (exact) mass is 306 g/mol. The predicted octanol–water partition coefficient (Wildman–Crippen LogP) is 3.79. The summed E-state index contributed by atoms with van der Waals surface area (Å²) in [6.07, 6.45) is 1.90. The number of hydrogen-bond acceptors (Lipinski definition) is 4. The molecule has 0 spiro atoms. The van der Waals surface area contributed by atoms with Gasteiger partial charge >= 0.3 is 0 Å². The van der Waals surface area contributed by atoms with Crippen molar-refractivity contribution in [3.8, 4) is 5.75 Å². The first-order valence-electron chi connectivity index (χ1n) is 7.25. The Bertz CT molecular complexity index is 673. The average Bonchev–Trinajstić information content (AvgIpc) is 2.51. The highest BCUT2D eigenvalue weighted by molar-refractivity contribution is 6.33. The van der Waals surface area contributed by atoms with E-state index in [1.807, 2.05) is 12.1 Å². The Morgan fingerprint density at radius 2 is 2.29 bits per heavy atom. The zero-order chi connectivity index (χ0) is 14.8. The number of benzene rings is 1. The van der Waals surface area contributed by atoms with Crippen LogP contribution in [0.3, 0.4) is 0 Å². The number of nitrogens with zero attached hydrogens (tertiary/aromatic N) is 1. The van der Waals surface area contributed by atoms with Gasteiger partial charge in [0.2, 0.25) is 0 Å². The summed E-state index contributed by atoms with van der Waals surface area (Å²) in [7, 11) is 1.62. The van der Waals surface area contributed by atoms with Gasteiger partial charge in [0.25, 0.3) is 0 Å². The molecule has 0 saturated carbocycles. The molecule has 4 nitrogen and oxygen atoms in total. The standard InChI is InChI=1S/C16H19ClN2O2/c1-3-5-18-16-10-7-12(17)15(20-2)8-14(10)19-13-4-6-21-9-11(13)16/h7-8H,3-6,9H2,1-2H3,(H,18,19). The Labute approximate surface area is 129 Å². The van der Waals surface area contributed by atoms with Crippen molar-refractivity contribution in [3.05, 3.63) is 28.4 Å². The molecule has 2 heterocycles. The smallest absolute Gasteiger partial charge is 0.139 e. The lowest BCUT2D eigenvalue weighted by molar-refractivity contribution is 0.110. The number of hydrogen-bond donors (Lipinski definition) is 1. The summed E-state index contributed by atoms with van der Waals surface area (Å²) in [6.45, 7) is 4.39. The van der Waals surface area contributed by atoms with Crippen LogP contribution in [0.25, 0.3) is 10.9 Å². The summed E-state index contributed by atoms with van der Waals surface area (Å²) < 4.78 is 10.9. The molecule has 21 heavy (non-hydrogen) atoms. The third-order valence-corrected chi connectivity index (χ3v) is 4.02. The minimum Gasteiger partial charge on any atom is -0.495 e. The van der Waals surface area contributed by atoms with Gasteiger partial charge in [-0.3, -0.25) is 4.98 Å². The average molecular weight is 307 g/mol. The van der Waals surface area contributed by atoms with Crippen molar-refractivity contribution >= 4 is 28.2 Å². The van der Waals surface area contributed by atoms with E-state index in [1.54, 1.807) is 7.11 Å². The van der Waals surface area contributed by atoms with Gasteiger partial charge in [0.05, 0.1) is 42.2 Å². The zero-order valence-corrected chi connectivity index (χ0v) is 13.1. The fourth-order valence-corrected chi connectivity index (χ4v) is 2.91. The summed E-state index contributed by atoms with van der Waals surface area (Å²) in [6, 6.07) is 3.83. The molecule has 1 aliphatic rings. The number of pyridine rings is 1. The number of nitrogens with one attached hydrogen (secondary N) is 1. The van der Waals surface area contributed by atoms with Gasteiger partial charge in [-0.2, -0.15) is 0 Å². The van der Waals surface area contributed by atoms with E-state index in [-0.39, 0.29) is 0 Å². The Morgan fingerprint density at radius 3 is 3.05 bits per heavy atom. The van der Waals surface area contributed by atoms with Crippen molar-refractivity contribution in [1.82, 2.24) is 4.98 Å². The highest BCUT2D eigenvalue weighted by atomic mass is 35.5. The normalized spacial score (nSPS) is 14.0. The van der Waals surface area contributed by atoms with Gasteiger partial charge in [-0.05, 0) is 12.5 Å². The van der Waals surface area contributed by atoms with Gasteiger partial charge in [0, 0.05) is 30.0 Å². The fourth-order valence-electron chi connectivity index (χ4n) is 2.67. The maximum Gasteiger partial charge on any atom is 0.139 e. The molecule has 0 aliphatic carbocycles. The summed E-state index contributed by atoms with van der Waals surface area (Å²) in [4.78, 5) is 4.78. The molecule has 0 bridgehead atoms. The van der Waals surface area contributed by atoms with Gasteiger partial charge in [-0.25, -0.2) is 0 Å². The van der Waals surface area contributed by atoms with Crippen LogP contribution in [0.5, 0.6) is 5.75 Å². The summed E-state index contributed by atoms with van der Waals surface area (Å²) in [5.41, 5.74) is 4.27. The van der Waals surface area contributed by atoms with E-state index >= 15 is 0 Å². The number of fused-ring (bicyclic) bond motifs is 2. The Balaban J connectivity index is 2.23. The Kier molecular flexibility index (Phi) is 4.17. The van der Waals surface area contributed by atoms with Crippen LogP contribution >= 0.6 is 11.6 Å². The van der Waals surface area contributed by atoms with E-state index in [1.165, 1.54) is 0 Å². The maximum atomic E-state index is 6.28. The number of halogens is 1. The molecule has 1 N–H and O–H groups in total. The number of rotatable bonds is 4. The van der Waals surface area contributed by atoms with E-state index in [0.717, 1.165) is 53.8 Å². The lowest BCUT2D eigenvalue weighted by Gasteiger charge is -2.22. The quantitative estimate of drug-likeness (QED) is 0.933. The molecule has 3 rings (SSSR count). The van der Waals surface area contributed by atoms with Crippen molar-refractivity contribution in [1.29, 1.82) is 0 Å². The summed E-state index contributed by atoms with van der Waals surface area (Å²) in [5.74, 6) is 0.658. The van der Waals surface area contributed by atoms with E-state index in [4.69, 9.17) is 26.1 Å². The fraction of sp³-hybridized carbons (Fsp3) is 0.438. The molecule has 1 aromatic carbocycles. The molecule has 0 amide bonds. The first kappa shape index (κ1) is 14.4. The molecule has 2 aromatic rings. The van der Waals surface area contributed by atoms with Crippen LogP contribution in [-0.4, -0.2) is 25.2 Å². The van der Waals surface area contributed by atoms with Crippen LogP contribution < -0.4 is 10.1 Å². The molecule has 5 heteroatoms. The zero-order valence-electron chi connectivity index (χ0n) is 12.3. The molecule has 1 aliphatic heterocycles. The minimum atomic E-state index is 0.600. The van der Waals surface area contributed by atoms with Crippen molar-refractivity contribution in [2.75, 3.05) is 25.6 Å². The van der Waals surface area contributed by atoms with Crippen LogP contribution in [0.15, 0.2) is 12.1 Å². The largest absolute Gasteiger partial charge is 0.495 e. The maximum absolute atomic E-state index is 6.28. The third kappa shape index (κ3) is 2.65. The SMILES string of the molecule is CCCNc1c2c(nc3cc(OC)c(Cl)cc13)CCOC2. The van der Waals surface area contributed by atoms with Gasteiger partial charge in [0.1, 0.15) is 5.75 Å². The second kappa shape index (κ2) is 6.08. The molecule has 0 atom stereocenters. The number of ether oxygens (including phenoxy) is 2. The van der Waals surface area contributed by atoms with Gasteiger partial charge in [-0.15, -0.1) is 0 Å². The highest BCUT2D eigenvalue weighted by Gasteiger charge is 2.19. The van der Waals surface area contributed by atoms with E-state index in [0.29, 0.717) is 17.4 Å². The second-order valence-corrected chi connectivity index (χ2v) is 5.55. The van der Waals surface area contributed by atoms with Crippen molar-refractivity contribution in [3.63, 3.8) is 0 Å². The lowest BCUT2D eigenvalue weighted by atomic mass is 10.0. The van der Waals surface area contributed by atoms with E-state index in [2.05, 4.69) is 12.2 Å². The molecule has 112 valence electrons. The van der Waals surface area contributed by atoms with Crippen LogP contribution in [0, 0.1) is 0 Å². The van der Waals surface area contributed by atoms with Crippen molar-refractivity contribution < 1.29 is 9.47 Å². The minimum absolute atomic E-state index is 0.600. The highest BCUT2D eigenvalue weighted by Crippen LogP contribution is 2.36. The number of anilines is 1. The van der Waals surface area contributed by atoms with E-state index < -0.39 is 0 Å². The Morgan fingerprint density at radius 1 is 1.43 bits per heavy atom. The van der Waals surface area contributed by atoms with Gasteiger partial charge in [0.15, 0.2) is 0 Å². The van der Waals surface area contributed by atoms with Gasteiger partial charge < -0.3 is 14.8 Å². The second-order valence-electron chi connectivity index (χ2n) is 5.15. The first-order chi connectivity index (χ1) is 10.2. The predicted molar refractivity (Wildman–Crippen MR) is 85.4 cm³/mol. The summed E-state index contributed by atoms with van der Waals surface area (Å²) in [5, 5.41) is 5.14. The van der Waals surface area contributed by atoms with Gasteiger partial charge in [-0.1, -0.05) is 18.5 Å². The van der Waals surface area contributed by atoms with E-state index in [9.17, 15) is 0 Å². The van der Waals surface area contributed by atoms with Crippen LogP contribution in [-0.2, 0) is 17.8 Å². The third-order valence-electron chi connectivity index (χ3n) is 3.73. The molecule has 0 saturated heterocycles. The molecule has 1 aromatic heterocycles. The number of aromatic nitrogens is 1. The topological polar surface area (TPSA) is 43.4 Å². The number of methoxy groups -OCH3 is 1. The van der Waals surface area contributed by atoms with Crippen LogP contribution in [0.1, 0.15) is 24.6 Å². The first-order valence-corrected chi connectivity index (χ1v) is 7.63. The molecule has 0 fully saturated rings. The van der Waals surface area contributed by atoms with Crippen LogP contribution in [0.4, 0.5) is 5.69 Å². The molecular weight excluding hydrogens is 288 g/mol.